The first-order chi connectivity index (χ1) is 25.6. The van der Waals surface area contributed by atoms with Gasteiger partial charge in [0.2, 0.25) is 5.95 Å². The van der Waals surface area contributed by atoms with Crippen LogP contribution < -0.4 is 0 Å². The minimum atomic E-state index is -0.218. The first-order valence-electron chi connectivity index (χ1n) is 17.7. The minimum absolute atomic E-state index is 0.218. The van der Waals surface area contributed by atoms with Crippen molar-refractivity contribution in [1.29, 1.82) is 0 Å². The van der Waals surface area contributed by atoms with Gasteiger partial charge in [0.25, 0.3) is 0 Å². The second kappa shape index (κ2) is 10.6. The predicted octanol–water partition coefficient (Wildman–Crippen LogP) is 11.5. The molecule has 0 atom stereocenters. The largest absolute Gasteiger partial charge is 0.262 e. The van der Waals surface area contributed by atoms with Gasteiger partial charge in [0.15, 0.2) is 11.6 Å². The first kappa shape index (κ1) is 29.1. The molecule has 0 unspecified atom stereocenters. The molecule has 244 valence electrons. The monoisotopic (exact) mass is 665 g/mol. The maximum atomic E-state index is 5.16. The molecule has 0 spiro atoms. The average Bonchev–Trinajstić information content (AvgIpc) is 3.67. The predicted molar refractivity (Wildman–Crippen MR) is 213 cm³/mol. The Morgan fingerprint density at radius 2 is 0.942 bits per heavy atom. The summed E-state index contributed by atoms with van der Waals surface area (Å²) < 4.78 is 2.13. The number of hydrogen-bond acceptors (Lipinski definition) is 4. The summed E-state index contributed by atoms with van der Waals surface area (Å²) in [5.74, 6) is 1.78. The van der Waals surface area contributed by atoms with Crippen LogP contribution in [-0.4, -0.2) is 24.5 Å². The molecule has 0 bridgehead atoms. The second-order valence-corrected chi connectivity index (χ2v) is 14.2. The van der Waals surface area contributed by atoms with Crippen molar-refractivity contribution in [2.45, 2.75) is 19.3 Å². The smallest absolute Gasteiger partial charge is 0.240 e. The maximum absolute atomic E-state index is 5.16. The second-order valence-electron chi connectivity index (χ2n) is 14.2. The lowest BCUT2D eigenvalue weighted by Crippen LogP contribution is -2.14. The first-order valence-corrected chi connectivity index (χ1v) is 17.7. The third-order valence-corrected chi connectivity index (χ3v) is 11.1. The number of rotatable bonds is 3. The SMILES string of the molecule is CC1(C)c2ccc3c4ccccc4c4ccccc4c3c2-c2c1ccc1c2c2cccnc2n1-c1nc(-c2ccccc2)nc(-c2ccccc2)n1. The summed E-state index contributed by atoms with van der Waals surface area (Å²) in [7, 11) is 0. The van der Waals surface area contributed by atoms with Crippen molar-refractivity contribution in [3.05, 3.63) is 163 Å². The van der Waals surface area contributed by atoms with E-state index in [1.54, 1.807) is 0 Å². The van der Waals surface area contributed by atoms with Gasteiger partial charge < -0.3 is 0 Å². The lowest BCUT2D eigenvalue weighted by Gasteiger charge is -2.22. The van der Waals surface area contributed by atoms with E-state index >= 15 is 0 Å². The molecule has 7 aromatic carbocycles. The average molecular weight is 666 g/mol. The number of nitrogens with zero attached hydrogens (tertiary/aromatic N) is 5. The number of fused-ring (bicyclic) bond motifs is 14. The van der Waals surface area contributed by atoms with E-state index in [-0.39, 0.29) is 5.41 Å². The summed E-state index contributed by atoms with van der Waals surface area (Å²) in [6.07, 6.45) is 1.86. The molecule has 1 aliphatic rings. The highest BCUT2D eigenvalue weighted by atomic mass is 15.2. The molecule has 5 nitrogen and oxygen atoms in total. The Morgan fingerprint density at radius 3 is 1.58 bits per heavy atom. The normalized spacial score (nSPS) is 13.3. The quantitative estimate of drug-likeness (QED) is 0.176. The Labute approximate surface area is 299 Å². The fourth-order valence-corrected chi connectivity index (χ4v) is 8.74. The molecule has 0 amide bonds. The van der Waals surface area contributed by atoms with E-state index < -0.39 is 0 Å². The Balaban J connectivity index is 1.29. The van der Waals surface area contributed by atoms with E-state index in [1.165, 1.54) is 60.0 Å². The molecule has 5 heteroatoms. The highest BCUT2D eigenvalue weighted by molar-refractivity contribution is 6.31. The molecular weight excluding hydrogens is 635 g/mol. The molecule has 0 fully saturated rings. The van der Waals surface area contributed by atoms with Crippen molar-refractivity contribution < 1.29 is 0 Å². The van der Waals surface area contributed by atoms with Crippen molar-refractivity contribution in [2.24, 2.45) is 0 Å². The Hall–Kier alpha value is -6.72. The minimum Gasteiger partial charge on any atom is -0.262 e. The van der Waals surface area contributed by atoms with Gasteiger partial charge in [-0.05, 0) is 72.8 Å². The van der Waals surface area contributed by atoms with Crippen LogP contribution in [-0.2, 0) is 5.41 Å². The van der Waals surface area contributed by atoms with Crippen molar-refractivity contribution in [3.8, 4) is 39.9 Å². The van der Waals surface area contributed by atoms with Gasteiger partial charge in [-0.15, -0.1) is 0 Å². The van der Waals surface area contributed by atoms with Gasteiger partial charge in [0, 0.05) is 33.5 Å². The Morgan fingerprint density at radius 1 is 0.442 bits per heavy atom. The summed E-state index contributed by atoms with van der Waals surface area (Å²) in [5, 5.41) is 9.90. The highest BCUT2D eigenvalue weighted by Gasteiger charge is 2.39. The van der Waals surface area contributed by atoms with Crippen LogP contribution in [0.25, 0.3) is 94.1 Å². The van der Waals surface area contributed by atoms with Gasteiger partial charge in [0.1, 0.15) is 5.65 Å². The maximum Gasteiger partial charge on any atom is 0.240 e. The van der Waals surface area contributed by atoms with Crippen LogP contribution in [0.4, 0.5) is 0 Å². The zero-order chi connectivity index (χ0) is 34.6. The molecule has 11 rings (SSSR count). The van der Waals surface area contributed by atoms with Gasteiger partial charge >= 0.3 is 0 Å². The van der Waals surface area contributed by atoms with Crippen LogP contribution >= 0.6 is 0 Å². The lowest BCUT2D eigenvalue weighted by molar-refractivity contribution is 0.661. The van der Waals surface area contributed by atoms with Crippen LogP contribution in [0.1, 0.15) is 25.0 Å². The van der Waals surface area contributed by atoms with Crippen LogP contribution in [0.5, 0.6) is 0 Å². The van der Waals surface area contributed by atoms with E-state index in [0.717, 1.165) is 27.7 Å². The third kappa shape index (κ3) is 3.93. The van der Waals surface area contributed by atoms with E-state index in [0.29, 0.717) is 17.6 Å². The topological polar surface area (TPSA) is 56.5 Å². The molecule has 10 aromatic rings. The fraction of sp³-hybridized carbons (Fsp3) is 0.0638. The molecule has 0 aliphatic heterocycles. The molecule has 3 aromatic heterocycles. The number of benzene rings is 7. The molecule has 52 heavy (non-hydrogen) atoms. The van der Waals surface area contributed by atoms with E-state index in [1.807, 2.05) is 72.9 Å². The highest BCUT2D eigenvalue weighted by Crippen LogP contribution is 2.56. The van der Waals surface area contributed by atoms with Crippen molar-refractivity contribution in [3.63, 3.8) is 0 Å². The molecule has 0 saturated carbocycles. The zero-order valence-electron chi connectivity index (χ0n) is 28.7. The Kier molecular flexibility index (Phi) is 5.95. The van der Waals surface area contributed by atoms with E-state index in [9.17, 15) is 0 Å². The van der Waals surface area contributed by atoms with Gasteiger partial charge in [-0.2, -0.15) is 9.97 Å². The zero-order valence-corrected chi connectivity index (χ0v) is 28.7. The summed E-state index contributed by atoms with van der Waals surface area (Å²) in [6, 6.07) is 51.5. The van der Waals surface area contributed by atoms with Gasteiger partial charge in [-0.25, -0.2) is 9.97 Å². The molecule has 1 aliphatic carbocycles. The van der Waals surface area contributed by atoms with Crippen molar-refractivity contribution in [2.75, 3.05) is 0 Å². The molecule has 0 radical (unpaired) electrons. The summed E-state index contributed by atoms with van der Waals surface area (Å²) in [5.41, 5.74) is 8.70. The molecule has 0 saturated heterocycles. The Bertz CT molecular complexity index is 3000. The van der Waals surface area contributed by atoms with Crippen LogP contribution in [0.3, 0.4) is 0 Å². The standard InChI is InChI=1S/C47H31N5/c1-47(2)36-24-23-34-32-20-10-9-18-30(32)31-19-11-12-21-33(31)39(34)41(36)42-37(47)25-26-38-40(42)35-22-13-27-48-45(35)52(38)46-50-43(28-14-5-3-6-15-28)49-44(51-46)29-16-7-4-8-17-29/h3-27H,1-2H3. The van der Waals surface area contributed by atoms with Crippen molar-refractivity contribution >= 4 is 54.3 Å². The lowest BCUT2D eigenvalue weighted by atomic mass is 9.81. The van der Waals surface area contributed by atoms with E-state index in [2.05, 4.69) is 97.3 Å². The number of pyridine rings is 1. The molecule has 3 heterocycles. The molecule has 0 N–H and O–H groups in total. The van der Waals surface area contributed by atoms with Gasteiger partial charge in [-0.3, -0.25) is 4.57 Å². The van der Waals surface area contributed by atoms with Crippen LogP contribution in [0.2, 0.25) is 0 Å². The van der Waals surface area contributed by atoms with Crippen LogP contribution in [0, 0.1) is 0 Å². The number of hydrogen-bond donors (Lipinski definition) is 0. The summed E-state index contributed by atoms with van der Waals surface area (Å²) >= 11 is 0. The van der Waals surface area contributed by atoms with E-state index in [4.69, 9.17) is 19.9 Å². The van der Waals surface area contributed by atoms with Crippen LogP contribution in [0.15, 0.2) is 152 Å². The summed E-state index contributed by atoms with van der Waals surface area (Å²) in [6.45, 7) is 4.72. The molecular formula is C47H31N5. The number of aromatic nitrogens is 5. The fourth-order valence-electron chi connectivity index (χ4n) is 8.74. The van der Waals surface area contributed by atoms with Gasteiger partial charge in [0.05, 0.1) is 5.52 Å². The third-order valence-electron chi connectivity index (χ3n) is 11.1. The van der Waals surface area contributed by atoms with Crippen molar-refractivity contribution in [1.82, 2.24) is 24.5 Å². The summed E-state index contributed by atoms with van der Waals surface area (Å²) in [4.78, 5) is 20.3. The van der Waals surface area contributed by atoms with Gasteiger partial charge in [-0.1, -0.05) is 141 Å².